The number of benzene rings is 1. The molecule has 1 amide bonds. The van der Waals surface area contributed by atoms with Gasteiger partial charge in [0.2, 0.25) is 11.0 Å². The van der Waals surface area contributed by atoms with E-state index in [0.717, 1.165) is 21.5 Å². The fourth-order valence-electron chi connectivity index (χ4n) is 2.37. The molecule has 1 aromatic carbocycles. The zero-order chi connectivity index (χ0) is 16.6. The maximum absolute atomic E-state index is 12.2. The third kappa shape index (κ3) is 3.42. The number of amides is 1. The number of hydrogen-bond donors (Lipinski definition) is 1. The molecule has 0 bridgehead atoms. The second-order valence-corrected chi connectivity index (χ2v) is 7.75. The molecule has 0 spiro atoms. The van der Waals surface area contributed by atoms with E-state index in [1.807, 2.05) is 13.0 Å². The number of carbonyl (C=O) groups is 1. The van der Waals surface area contributed by atoms with Gasteiger partial charge in [0, 0.05) is 10.9 Å². The highest BCUT2D eigenvalue weighted by atomic mass is 32.1. The third-order valence-corrected chi connectivity index (χ3v) is 4.40. The molecule has 5 nitrogen and oxygen atoms in total. The average Bonchev–Trinajstić information content (AvgIpc) is 3.04. The topological polar surface area (TPSA) is 68.0 Å². The normalized spacial score (nSPS) is 11.8. The highest BCUT2D eigenvalue weighted by molar-refractivity contribution is 7.15. The molecule has 0 saturated carbocycles. The Hall–Kier alpha value is -2.21. The summed E-state index contributed by atoms with van der Waals surface area (Å²) < 4.78 is 5.57. The van der Waals surface area contributed by atoms with Gasteiger partial charge in [0.05, 0.1) is 12.7 Å². The minimum absolute atomic E-state index is 0.0507. The summed E-state index contributed by atoms with van der Waals surface area (Å²) in [6.45, 7) is 8.35. The van der Waals surface area contributed by atoms with E-state index in [-0.39, 0.29) is 17.7 Å². The summed E-state index contributed by atoms with van der Waals surface area (Å²) in [6.07, 6.45) is 1.90. The van der Waals surface area contributed by atoms with E-state index in [2.05, 4.69) is 48.4 Å². The van der Waals surface area contributed by atoms with Crippen LogP contribution >= 0.6 is 11.3 Å². The van der Waals surface area contributed by atoms with Crippen LogP contribution in [0.5, 0.6) is 0 Å². The molecule has 120 valence electrons. The van der Waals surface area contributed by atoms with Crippen molar-refractivity contribution in [2.75, 3.05) is 5.32 Å². The summed E-state index contributed by atoms with van der Waals surface area (Å²) in [5.41, 5.74) is 2.94. The van der Waals surface area contributed by atoms with Crippen LogP contribution in [0.4, 0.5) is 5.13 Å². The number of furan rings is 1. The Kier molecular flexibility index (Phi) is 3.93. The highest BCUT2D eigenvalue weighted by Crippen LogP contribution is 2.29. The molecular weight excluding hydrogens is 310 g/mol. The molecule has 0 fully saturated rings. The molecule has 2 aromatic heterocycles. The lowest BCUT2D eigenvalue weighted by Crippen LogP contribution is -2.14. The van der Waals surface area contributed by atoms with Crippen LogP contribution < -0.4 is 5.32 Å². The first-order valence-corrected chi connectivity index (χ1v) is 8.25. The Bertz CT molecular complexity index is 858. The highest BCUT2D eigenvalue weighted by Gasteiger charge is 2.17. The molecule has 23 heavy (non-hydrogen) atoms. The van der Waals surface area contributed by atoms with Gasteiger partial charge in [-0.05, 0) is 30.0 Å². The van der Waals surface area contributed by atoms with E-state index in [1.54, 1.807) is 6.26 Å². The fraction of sp³-hybridized carbons (Fsp3) is 0.353. The minimum atomic E-state index is -0.120. The lowest BCUT2D eigenvalue weighted by molar-refractivity contribution is -0.115. The van der Waals surface area contributed by atoms with Gasteiger partial charge < -0.3 is 9.73 Å². The molecule has 1 N–H and O–H groups in total. The van der Waals surface area contributed by atoms with Crippen molar-refractivity contribution in [3.05, 3.63) is 40.6 Å². The Morgan fingerprint density at radius 3 is 2.74 bits per heavy atom. The Morgan fingerprint density at radius 2 is 2.09 bits per heavy atom. The lowest BCUT2D eigenvalue weighted by Gasteiger charge is -2.18. The van der Waals surface area contributed by atoms with Gasteiger partial charge in [0.25, 0.3) is 0 Å². The van der Waals surface area contributed by atoms with Crippen molar-refractivity contribution < 1.29 is 9.21 Å². The van der Waals surface area contributed by atoms with Crippen LogP contribution in [0.15, 0.2) is 28.9 Å². The van der Waals surface area contributed by atoms with Gasteiger partial charge in [0.1, 0.15) is 10.6 Å². The van der Waals surface area contributed by atoms with Crippen molar-refractivity contribution in [3.8, 4) is 0 Å². The monoisotopic (exact) mass is 329 g/mol. The van der Waals surface area contributed by atoms with Gasteiger partial charge in [-0.1, -0.05) is 38.2 Å². The second kappa shape index (κ2) is 5.77. The van der Waals surface area contributed by atoms with Crippen LogP contribution in [0.2, 0.25) is 0 Å². The van der Waals surface area contributed by atoms with Crippen LogP contribution in [0, 0.1) is 6.92 Å². The second-order valence-electron chi connectivity index (χ2n) is 6.57. The number of aryl methyl sites for hydroxylation is 1. The first-order valence-electron chi connectivity index (χ1n) is 7.43. The molecule has 0 radical (unpaired) electrons. The number of fused-ring (bicyclic) bond motifs is 1. The summed E-state index contributed by atoms with van der Waals surface area (Å²) in [5, 5.41) is 12.9. The maximum Gasteiger partial charge on any atom is 0.230 e. The lowest BCUT2D eigenvalue weighted by atomic mass is 9.86. The van der Waals surface area contributed by atoms with Crippen molar-refractivity contribution in [1.82, 2.24) is 10.2 Å². The van der Waals surface area contributed by atoms with Gasteiger partial charge in [-0.15, -0.1) is 10.2 Å². The molecule has 0 unspecified atom stereocenters. The largest absolute Gasteiger partial charge is 0.464 e. The van der Waals surface area contributed by atoms with Gasteiger partial charge in [-0.25, -0.2) is 0 Å². The first kappa shape index (κ1) is 15.7. The number of carbonyl (C=O) groups excluding carboxylic acids is 1. The van der Waals surface area contributed by atoms with Crippen LogP contribution in [-0.4, -0.2) is 16.1 Å². The van der Waals surface area contributed by atoms with Crippen LogP contribution in [0.25, 0.3) is 11.0 Å². The van der Waals surface area contributed by atoms with Gasteiger partial charge in [-0.3, -0.25) is 4.79 Å². The summed E-state index contributed by atoms with van der Waals surface area (Å²) in [6, 6.07) is 6.14. The predicted octanol–water partition coefficient (Wildman–Crippen LogP) is 4.07. The fourth-order valence-corrected chi connectivity index (χ4v) is 2.98. The molecule has 0 aliphatic heterocycles. The Balaban J connectivity index is 1.83. The number of anilines is 1. The van der Waals surface area contributed by atoms with E-state index in [9.17, 15) is 4.79 Å². The molecule has 3 aromatic rings. The number of rotatable bonds is 3. The summed E-state index contributed by atoms with van der Waals surface area (Å²) >= 11 is 1.36. The predicted molar refractivity (Wildman–Crippen MR) is 91.9 cm³/mol. The van der Waals surface area contributed by atoms with Crippen molar-refractivity contribution >= 4 is 33.3 Å². The van der Waals surface area contributed by atoms with Crippen molar-refractivity contribution in [1.29, 1.82) is 0 Å². The number of aromatic nitrogens is 2. The summed E-state index contributed by atoms with van der Waals surface area (Å²) in [5.74, 6) is -0.120. The third-order valence-electron chi connectivity index (χ3n) is 3.64. The Labute approximate surface area is 138 Å². The summed E-state index contributed by atoms with van der Waals surface area (Å²) in [7, 11) is 0. The smallest absolute Gasteiger partial charge is 0.230 e. The van der Waals surface area contributed by atoms with Crippen molar-refractivity contribution in [3.63, 3.8) is 0 Å². The average molecular weight is 329 g/mol. The van der Waals surface area contributed by atoms with Gasteiger partial charge in [0.15, 0.2) is 0 Å². The number of nitrogens with one attached hydrogen (secondary N) is 1. The number of nitrogens with zero attached hydrogens (tertiary/aromatic N) is 2. The zero-order valence-corrected chi connectivity index (χ0v) is 14.5. The van der Waals surface area contributed by atoms with Gasteiger partial charge in [-0.2, -0.15) is 0 Å². The van der Waals surface area contributed by atoms with E-state index in [1.165, 1.54) is 16.9 Å². The van der Waals surface area contributed by atoms with Crippen molar-refractivity contribution in [2.24, 2.45) is 0 Å². The zero-order valence-electron chi connectivity index (χ0n) is 13.6. The molecule has 0 saturated heterocycles. The van der Waals surface area contributed by atoms with E-state index in [4.69, 9.17) is 4.42 Å². The Morgan fingerprint density at radius 1 is 1.30 bits per heavy atom. The molecule has 0 aliphatic carbocycles. The van der Waals surface area contributed by atoms with Crippen molar-refractivity contribution in [2.45, 2.75) is 39.5 Å². The molecule has 3 rings (SSSR count). The molecule has 0 aliphatic rings. The van der Waals surface area contributed by atoms with E-state index in [0.29, 0.717) is 5.13 Å². The summed E-state index contributed by atoms with van der Waals surface area (Å²) in [4.78, 5) is 12.2. The standard InChI is InChI=1S/C17H19N3O2S/c1-10-19-20-16(23-10)18-15(21)7-11-9-22-14-6-5-12(8-13(11)14)17(2,3)4/h5-6,8-9H,7H2,1-4H3,(H,18,20,21). The maximum atomic E-state index is 12.2. The number of hydrogen-bond acceptors (Lipinski definition) is 5. The van der Waals surface area contributed by atoms with E-state index >= 15 is 0 Å². The molecule has 0 atom stereocenters. The van der Waals surface area contributed by atoms with E-state index < -0.39 is 0 Å². The van der Waals surface area contributed by atoms with Crippen LogP contribution in [0.1, 0.15) is 36.9 Å². The van der Waals surface area contributed by atoms with Gasteiger partial charge >= 0.3 is 0 Å². The molecule has 6 heteroatoms. The van der Waals surface area contributed by atoms with Crippen LogP contribution in [0.3, 0.4) is 0 Å². The minimum Gasteiger partial charge on any atom is -0.464 e. The first-order chi connectivity index (χ1) is 10.8. The van der Waals surface area contributed by atoms with Crippen LogP contribution in [-0.2, 0) is 16.6 Å². The SMILES string of the molecule is Cc1nnc(NC(=O)Cc2coc3ccc(C(C)(C)C)cc23)s1. The molecule has 2 heterocycles. The molecular formula is C17H19N3O2S. The quantitative estimate of drug-likeness (QED) is 0.786.